The largest absolute Gasteiger partial charge is 0.383 e. The first kappa shape index (κ1) is 22.2. The molecule has 0 aromatic heterocycles. The summed E-state index contributed by atoms with van der Waals surface area (Å²) in [5, 5.41) is 5.83. The number of nitrogens with zero attached hydrogens (tertiary/aromatic N) is 1. The number of nitrogens with one attached hydrogen (secondary N) is 2. The van der Waals surface area contributed by atoms with Crippen molar-refractivity contribution in [1.29, 1.82) is 0 Å². The van der Waals surface area contributed by atoms with Crippen LogP contribution in [0, 0.1) is 0 Å². The molecular weight excluding hydrogens is 406 g/mol. The number of carbonyl (C=O) groups excluding carboxylic acids is 2. The number of amides is 2. The van der Waals surface area contributed by atoms with E-state index in [0.717, 1.165) is 38.4 Å². The molecule has 160 valence electrons. The molecule has 30 heavy (non-hydrogen) atoms. The highest BCUT2D eigenvalue weighted by Crippen LogP contribution is 2.22. The maximum absolute atomic E-state index is 12.7. The number of anilines is 1. The van der Waals surface area contributed by atoms with Gasteiger partial charge in [-0.15, -0.1) is 0 Å². The predicted octanol–water partition coefficient (Wildman–Crippen LogP) is 2.80. The van der Waals surface area contributed by atoms with Crippen LogP contribution in [-0.2, 0) is 16.0 Å². The lowest BCUT2D eigenvalue weighted by molar-refractivity contribution is 0.0342. The molecule has 2 aromatic carbocycles. The van der Waals surface area contributed by atoms with Gasteiger partial charge in [0.25, 0.3) is 11.8 Å². The van der Waals surface area contributed by atoms with Crippen LogP contribution in [0.5, 0.6) is 0 Å². The molecule has 0 aliphatic carbocycles. The first-order chi connectivity index (χ1) is 14.6. The average molecular weight is 432 g/mol. The minimum absolute atomic E-state index is 0.229. The zero-order valence-electron chi connectivity index (χ0n) is 16.9. The molecule has 1 heterocycles. The zero-order valence-corrected chi connectivity index (χ0v) is 17.7. The third kappa shape index (κ3) is 6.27. The Morgan fingerprint density at radius 2 is 1.93 bits per heavy atom. The normalized spacial score (nSPS) is 14.3. The number of morpholine rings is 1. The van der Waals surface area contributed by atoms with Crippen LogP contribution in [0.25, 0.3) is 0 Å². The molecule has 7 nitrogen and oxygen atoms in total. The summed E-state index contributed by atoms with van der Waals surface area (Å²) in [7, 11) is 1.56. The summed E-state index contributed by atoms with van der Waals surface area (Å²) in [5.74, 6) is -0.516. The summed E-state index contributed by atoms with van der Waals surface area (Å²) < 4.78 is 10.3. The molecule has 1 saturated heterocycles. The van der Waals surface area contributed by atoms with Gasteiger partial charge in [-0.25, -0.2) is 0 Å². The molecule has 2 aromatic rings. The monoisotopic (exact) mass is 431 g/mol. The van der Waals surface area contributed by atoms with E-state index < -0.39 is 0 Å². The van der Waals surface area contributed by atoms with Crippen LogP contribution in [0.4, 0.5) is 5.69 Å². The van der Waals surface area contributed by atoms with E-state index in [9.17, 15) is 9.59 Å². The van der Waals surface area contributed by atoms with Crippen molar-refractivity contribution in [2.45, 2.75) is 6.54 Å². The predicted molar refractivity (Wildman–Crippen MR) is 116 cm³/mol. The summed E-state index contributed by atoms with van der Waals surface area (Å²) in [6.07, 6.45) is 0. The van der Waals surface area contributed by atoms with Crippen LogP contribution in [0.3, 0.4) is 0 Å². The quantitative estimate of drug-likeness (QED) is 0.628. The van der Waals surface area contributed by atoms with Crippen molar-refractivity contribution >= 4 is 29.1 Å². The summed E-state index contributed by atoms with van der Waals surface area (Å²) >= 11 is 6.24. The number of hydrogen-bond donors (Lipinski definition) is 2. The number of benzene rings is 2. The Bertz CT molecular complexity index is 884. The zero-order chi connectivity index (χ0) is 21.3. The minimum Gasteiger partial charge on any atom is -0.383 e. The standard InChI is InChI=1S/C22H26ClN3O4/c1-29-10-7-24-22(28)19-6-5-18(14-20(19)23)25-21(27)17-4-2-3-16(13-17)15-26-8-11-30-12-9-26/h2-6,13-14H,7-12,15H2,1H3,(H,24,28)(H,25,27). The maximum Gasteiger partial charge on any atom is 0.255 e. The number of methoxy groups -OCH3 is 1. The second kappa shape index (κ2) is 11.1. The van der Waals surface area contributed by atoms with Crippen LogP contribution in [-0.4, -0.2) is 63.3 Å². The van der Waals surface area contributed by atoms with Gasteiger partial charge in [-0.05, 0) is 35.9 Å². The van der Waals surface area contributed by atoms with E-state index in [0.29, 0.717) is 30.0 Å². The molecule has 1 aliphatic heterocycles. The molecule has 0 spiro atoms. The van der Waals surface area contributed by atoms with Gasteiger partial charge >= 0.3 is 0 Å². The van der Waals surface area contributed by atoms with Gasteiger partial charge in [0.2, 0.25) is 0 Å². The Hall–Kier alpha value is -2.45. The number of hydrogen-bond acceptors (Lipinski definition) is 5. The first-order valence-electron chi connectivity index (χ1n) is 9.84. The van der Waals surface area contributed by atoms with E-state index in [4.69, 9.17) is 21.1 Å². The summed E-state index contributed by atoms with van der Waals surface area (Å²) in [6.45, 7) is 4.85. The summed E-state index contributed by atoms with van der Waals surface area (Å²) in [6, 6.07) is 12.4. The van der Waals surface area contributed by atoms with Crippen LogP contribution in [0.1, 0.15) is 26.3 Å². The Labute approximate surface area is 181 Å². The molecule has 8 heteroatoms. The molecule has 0 atom stereocenters. The highest BCUT2D eigenvalue weighted by atomic mass is 35.5. The van der Waals surface area contributed by atoms with Gasteiger partial charge in [0.1, 0.15) is 0 Å². The second-order valence-corrected chi connectivity index (χ2v) is 7.39. The van der Waals surface area contributed by atoms with Crippen molar-refractivity contribution in [2.24, 2.45) is 0 Å². The van der Waals surface area contributed by atoms with Crippen molar-refractivity contribution in [2.75, 3.05) is 51.9 Å². The number of carbonyl (C=O) groups is 2. The molecule has 1 aliphatic rings. The Kier molecular flexibility index (Phi) is 8.21. The van der Waals surface area contributed by atoms with Crippen LogP contribution in [0.15, 0.2) is 42.5 Å². The number of ether oxygens (including phenoxy) is 2. The van der Waals surface area contributed by atoms with Crippen LogP contribution in [0.2, 0.25) is 5.02 Å². The number of halogens is 1. The molecule has 0 radical (unpaired) electrons. The van der Waals surface area contributed by atoms with Crippen molar-refractivity contribution in [3.8, 4) is 0 Å². The Balaban J connectivity index is 1.62. The third-order valence-corrected chi connectivity index (χ3v) is 5.08. The second-order valence-electron chi connectivity index (χ2n) is 6.99. The Morgan fingerprint density at radius 3 is 2.67 bits per heavy atom. The SMILES string of the molecule is COCCNC(=O)c1ccc(NC(=O)c2cccc(CN3CCOCC3)c2)cc1Cl. The van der Waals surface area contributed by atoms with Gasteiger partial charge in [-0.3, -0.25) is 14.5 Å². The average Bonchev–Trinajstić information content (AvgIpc) is 2.75. The van der Waals surface area contributed by atoms with E-state index in [-0.39, 0.29) is 16.8 Å². The first-order valence-corrected chi connectivity index (χ1v) is 10.2. The lowest BCUT2D eigenvalue weighted by atomic mass is 10.1. The topological polar surface area (TPSA) is 79.9 Å². The molecule has 1 fully saturated rings. The van der Waals surface area contributed by atoms with Crippen LogP contribution >= 0.6 is 11.6 Å². The lowest BCUT2D eigenvalue weighted by Crippen LogP contribution is -2.35. The van der Waals surface area contributed by atoms with Crippen molar-refractivity contribution in [1.82, 2.24) is 10.2 Å². The highest BCUT2D eigenvalue weighted by molar-refractivity contribution is 6.34. The third-order valence-electron chi connectivity index (χ3n) is 4.76. The molecule has 3 rings (SSSR count). The summed E-state index contributed by atoms with van der Waals surface area (Å²) in [4.78, 5) is 27.1. The smallest absolute Gasteiger partial charge is 0.255 e. The van der Waals surface area contributed by atoms with E-state index in [1.807, 2.05) is 18.2 Å². The van der Waals surface area contributed by atoms with Gasteiger partial charge in [0.15, 0.2) is 0 Å². The van der Waals surface area contributed by atoms with Gasteiger partial charge in [-0.2, -0.15) is 0 Å². The fourth-order valence-corrected chi connectivity index (χ4v) is 3.44. The van der Waals surface area contributed by atoms with Gasteiger partial charge in [0, 0.05) is 44.5 Å². The molecule has 0 bridgehead atoms. The van der Waals surface area contributed by atoms with Crippen molar-refractivity contribution in [3.05, 3.63) is 64.2 Å². The van der Waals surface area contributed by atoms with Crippen molar-refractivity contribution < 1.29 is 19.1 Å². The Morgan fingerprint density at radius 1 is 1.13 bits per heavy atom. The van der Waals surface area contributed by atoms with E-state index >= 15 is 0 Å². The van der Waals surface area contributed by atoms with E-state index in [2.05, 4.69) is 15.5 Å². The lowest BCUT2D eigenvalue weighted by Gasteiger charge is -2.26. The summed E-state index contributed by atoms with van der Waals surface area (Å²) in [5.41, 5.74) is 2.51. The van der Waals surface area contributed by atoms with E-state index in [1.54, 1.807) is 31.4 Å². The van der Waals surface area contributed by atoms with Gasteiger partial charge in [0.05, 0.1) is 30.4 Å². The molecule has 2 N–H and O–H groups in total. The molecule has 0 saturated carbocycles. The fourth-order valence-electron chi connectivity index (χ4n) is 3.17. The molecule has 0 unspecified atom stereocenters. The maximum atomic E-state index is 12.7. The van der Waals surface area contributed by atoms with Gasteiger partial charge < -0.3 is 20.1 Å². The minimum atomic E-state index is -0.286. The van der Waals surface area contributed by atoms with Crippen LogP contribution < -0.4 is 10.6 Å². The van der Waals surface area contributed by atoms with Crippen molar-refractivity contribution in [3.63, 3.8) is 0 Å². The number of rotatable bonds is 8. The molecular formula is C22H26ClN3O4. The fraction of sp³-hybridized carbons (Fsp3) is 0.364. The highest BCUT2D eigenvalue weighted by Gasteiger charge is 2.14. The molecule has 2 amide bonds. The van der Waals surface area contributed by atoms with E-state index in [1.165, 1.54) is 0 Å². The van der Waals surface area contributed by atoms with Gasteiger partial charge in [-0.1, -0.05) is 23.7 Å².